The van der Waals surface area contributed by atoms with E-state index < -0.39 is 6.10 Å². The molecule has 5 heteroatoms. The fourth-order valence-corrected chi connectivity index (χ4v) is 2.76. The molecule has 0 saturated carbocycles. The van der Waals surface area contributed by atoms with E-state index in [1.165, 1.54) is 12.1 Å². The van der Waals surface area contributed by atoms with Gasteiger partial charge in [0.2, 0.25) is 0 Å². The minimum atomic E-state index is -0.470. The highest BCUT2D eigenvalue weighted by molar-refractivity contribution is 5.34. The maximum Gasteiger partial charge on any atom is 0.127 e. The van der Waals surface area contributed by atoms with Crippen LogP contribution in [-0.2, 0) is 6.54 Å². The third-order valence-corrected chi connectivity index (χ3v) is 4.07. The number of aliphatic hydroxyl groups is 1. The van der Waals surface area contributed by atoms with Crippen molar-refractivity contribution in [2.75, 3.05) is 13.1 Å². The highest BCUT2D eigenvalue weighted by Crippen LogP contribution is 2.23. The molecule has 122 valence electrons. The standard InChI is InChI=1S/C18H21FN2O2/c19-14-4-6-15(7-5-14)23-16-3-1-2-13(10-16)11-21-9-8-17(20)18(22)12-21/h1-7,10,17-18,22H,8-9,11-12,20H2/t17-,18-/m1/s1. The number of β-amino-alcohol motifs (C(OH)–C–C–N with tert-alkyl or cyclic N) is 1. The molecule has 3 N–H and O–H groups in total. The van der Waals surface area contributed by atoms with Gasteiger partial charge in [0.1, 0.15) is 17.3 Å². The summed E-state index contributed by atoms with van der Waals surface area (Å²) >= 11 is 0. The van der Waals surface area contributed by atoms with Crippen LogP contribution in [0.2, 0.25) is 0 Å². The average molecular weight is 316 g/mol. The lowest BCUT2D eigenvalue weighted by Gasteiger charge is -2.34. The van der Waals surface area contributed by atoms with Crippen LogP contribution in [0.3, 0.4) is 0 Å². The van der Waals surface area contributed by atoms with Crippen molar-refractivity contribution in [1.29, 1.82) is 0 Å². The predicted molar refractivity (Wildman–Crippen MR) is 86.8 cm³/mol. The first-order valence-electron chi connectivity index (χ1n) is 7.78. The third kappa shape index (κ3) is 4.28. The van der Waals surface area contributed by atoms with Crippen LogP contribution in [0.25, 0.3) is 0 Å². The van der Waals surface area contributed by atoms with E-state index in [9.17, 15) is 9.50 Å². The van der Waals surface area contributed by atoms with Gasteiger partial charge in [0.15, 0.2) is 0 Å². The Bertz CT molecular complexity index is 648. The molecule has 2 atom stereocenters. The Balaban J connectivity index is 1.64. The van der Waals surface area contributed by atoms with Gasteiger partial charge in [-0.2, -0.15) is 0 Å². The van der Waals surface area contributed by atoms with Crippen LogP contribution in [0.15, 0.2) is 48.5 Å². The van der Waals surface area contributed by atoms with Crippen molar-refractivity contribution in [3.8, 4) is 11.5 Å². The van der Waals surface area contributed by atoms with Gasteiger partial charge < -0.3 is 15.6 Å². The minimum absolute atomic E-state index is 0.126. The van der Waals surface area contributed by atoms with E-state index >= 15 is 0 Å². The Labute approximate surface area is 135 Å². The van der Waals surface area contributed by atoms with E-state index in [0.29, 0.717) is 18.0 Å². The van der Waals surface area contributed by atoms with Crippen molar-refractivity contribution in [2.45, 2.75) is 25.1 Å². The SMILES string of the molecule is N[C@@H]1CCN(Cc2cccc(Oc3ccc(F)cc3)c2)C[C@H]1O. The number of ether oxygens (including phenoxy) is 1. The Hall–Kier alpha value is -1.95. The van der Waals surface area contributed by atoms with Gasteiger partial charge >= 0.3 is 0 Å². The highest BCUT2D eigenvalue weighted by atomic mass is 19.1. The Morgan fingerprint density at radius 3 is 2.70 bits per heavy atom. The normalized spacial score (nSPS) is 22.0. The number of piperidine rings is 1. The molecule has 2 aromatic rings. The summed E-state index contributed by atoms with van der Waals surface area (Å²) in [6.07, 6.45) is 0.329. The summed E-state index contributed by atoms with van der Waals surface area (Å²) in [6.45, 7) is 2.20. The molecule has 1 fully saturated rings. The summed E-state index contributed by atoms with van der Waals surface area (Å²) in [6, 6.07) is 13.6. The second-order valence-electron chi connectivity index (χ2n) is 5.96. The molecule has 0 radical (unpaired) electrons. The molecule has 1 saturated heterocycles. The predicted octanol–water partition coefficient (Wildman–Crippen LogP) is 2.51. The molecule has 1 aliphatic heterocycles. The van der Waals surface area contributed by atoms with Gasteiger partial charge in [-0.3, -0.25) is 4.90 Å². The molecule has 1 aliphatic rings. The molecule has 0 amide bonds. The van der Waals surface area contributed by atoms with Crippen LogP contribution in [0.1, 0.15) is 12.0 Å². The Kier molecular flexibility index (Phi) is 4.91. The summed E-state index contributed by atoms with van der Waals surface area (Å²) in [5.41, 5.74) is 6.94. The van der Waals surface area contributed by atoms with Crippen molar-refractivity contribution in [2.24, 2.45) is 5.73 Å². The second kappa shape index (κ2) is 7.08. The number of likely N-dealkylation sites (tertiary alicyclic amines) is 1. The largest absolute Gasteiger partial charge is 0.457 e. The number of nitrogens with two attached hydrogens (primary N) is 1. The third-order valence-electron chi connectivity index (χ3n) is 4.07. The van der Waals surface area contributed by atoms with E-state index in [-0.39, 0.29) is 11.9 Å². The molecule has 23 heavy (non-hydrogen) atoms. The number of hydrogen-bond acceptors (Lipinski definition) is 4. The number of halogens is 1. The van der Waals surface area contributed by atoms with E-state index in [1.807, 2.05) is 24.3 Å². The summed E-state index contributed by atoms with van der Waals surface area (Å²) < 4.78 is 18.7. The Morgan fingerprint density at radius 1 is 1.17 bits per heavy atom. The molecule has 0 spiro atoms. The van der Waals surface area contributed by atoms with E-state index in [1.54, 1.807) is 12.1 Å². The molecular weight excluding hydrogens is 295 g/mol. The number of benzene rings is 2. The van der Waals surface area contributed by atoms with Gasteiger partial charge in [-0.1, -0.05) is 12.1 Å². The zero-order valence-corrected chi connectivity index (χ0v) is 12.9. The summed E-state index contributed by atoms with van der Waals surface area (Å²) in [5.74, 6) is 1.03. The molecule has 0 unspecified atom stereocenters. The summed E-state index contributed by atoms with van der Waals surface area (Å²) in [7, 11) is 0. The maximum atomic E-state index is 12.9. The average Bonchev–Trinajstić information content (AvgIpc) is 2.54. The first-order valence-corrected chi connectivity index (χ1v) is 7.78. The molecule has 1 heterocycles. The van der Waals surface area contributed by atoms with Crippen LogP contribution in [-0.4, -0.2) is 35.2 Å². The van der Waals surface area contributed by atoms with Crippen molar-refractivity contribution in [1.82, 2.24) is 4.90 Å². The maximum absolute atomic E-state index is 12.9. The monoisotopic (exact) mass is 316 g/mol. The van der Waals surface area contributed by atoms with Gasteiger partial charge in [0.05, 0.1) is 6.10 Å². The molecule has 3 rings (SSSR count). The molecule has 0 aromatic heterocycles. The fourth-order valence-electron chi connectivity index (χ4n) is 2.76. The number of aliphatic hydroxyl groups excluding tert-OH is 1. The zero-order valence-electron chi connectivity index (χ0n) is 12.9. The lowest BCUT2D eigenvalue weighted by molar-refractivity contribution is 0.0499. The van der Waals surface area contributed by atoms with E-state index in [2.05, 4.69) is 4.90 Å². The van der Waals surface area contributed by atoms with E-state index in [4.69, 9.17) is 10.5 Å². The quantitative estimate of drug-likeness (QED) is 0.910. The lowest BCUT2D eigenvalue weighted by atomic mass is 10.0. The number of hydrogen-bond donors (Lipinski definition) is 2. The van der Waals surface area contributed by atoms with Crippen molar-refractivity contribution in [3.63, 3.8) is 0 Å². The summed E-state index contributed by atoms with van der Waals surface area (Å²) in [4.78, 5) is 2.19. The van der Waals surface area contributed by atoms with Crippen LogP contribution in [0, 0.1) is 5.82 Å². The fraction of sp³-hybridized carbons (Fsp3) is 0.333. The topological polar surface area (TPSA) is 58.7 Å². The van der Waals surface area contributed by atoms with Crippen LogP contribution in [0.4, 0.5) is 4.39 Å². The molecule has 2 aromatic carbocycles. The van der Waals surface area contributed by atoms with Crippen molar-refractivity contribution >= 4 is 0 Å². The van der Waals surface area contributed by atoms with Gasteiger partial charge in [-0.15, -0.1) is 0 Å². The molecule has 0 bridgehead atoms. The smallest absolute Gasteiger partial charge is 0.127 e. The minimum Gasteiger partial charge on any atom is -0.457 e. The summed E-state index contributed by atoms with van der Waals surface area (Å²) in [5, 5.41) is 9.88. The number of rotatable bonds is 4. The zero-order chi connectivity index (χ0) is 16.2. The van der Waals surface area contributed by atoms with Crippen LogP contribution < -0.4 is 10.5 Å². The van der Waals surface area contributed by atoms with Gasteiger partial charge in [0.25, 0.3) is 0 Å². The molecule has 4 nitrogen and oxygen atoms in total. The molecular formula is C18H21FN2O2. The van der Waals surface area contributed by atoms with Gasteiger partial charge in [0, 0.05) is 25.7 Å². The first-order chi connectivity index (χ1) is 11.1. The van der Waals surface area contributed by atoms with E-state index in [0.717, 1.165) is 25.1 Å². The molecule has 0 aliphatic carbocycles. The first kappa shape index (κ1) is 15.9. The Morgan fingerprint density at radius 2 is 1.96 bits per heavy atom. The van der Waals surface area contributed by atoms with Crippen molar-refractivity contribution in [3.05, 3.63) is 59.9 Å². The van der Waals surface area contributed by atoms with Gasteiger partial charge in [-0.05, 0) is 48.4 Å². The van der Waals surface area contributed by atoms with Crippen LogP contribution in [0.5, 0.6) is 11.5 Å². The lowest BCUT2D eigenvalue weighted by Crippen LogP contribution is -2.50. The number of nitrogens with zero attached hydrogens (tertiary/aromatic N) is 1. The second-order valence-corrected chi connectivity index (χ2v) is 5.96. The van der Waals surface area contributed by atoms with Crippen molar-refractivity contribution < 1.29 is 14.2 Å². The van der Waals surface area contributed by atoms with Gasteiger partial charge in [-0.25, -0.2) is 4.39 Å². The highest BCUT2D eigenvalue weighted by Gasteiger charge is 2.24. The van der Waals surface area contributed by atoms with Crippen LogP contribution >= 0.6 is 0 Å².